The summed E-state index contributed by atoms with van der Waals surface area (Å²) < 4.78 is 22.1. The molecule has 1 aliphatic heterocycles. The van der Waals surface area contributed by atoms with Crippen LogP contribution in [0.2, 0.25) is 0 Å². The van der Waals surface area contributed by atoms with Crippen LogP contribution in [0, 0.1) is 5.82 Å². The molecule has 0 spiro atoms. The van der Waals surface area contributed by atoms with Gasteiger partial charge in [0.1, 0.15) is 22.9 Å². The fraction of sp³-hybridized carbons (Fsp3) is 0.250. The number of nitrogens with one attached hydrogen (secondary N) is 1. The summed E-state index contributed by atoms with van der Waals surface area (Å²) in [5.41, 5.74) is 9.06. The maximum atomic E-state index is 15.1. The molecule has 2 amide bonds. The molecule has 0 unspecified atom stereocenters. The Morgan fingerprint density at radius 2 is 1.89 bits per heavy atom. The van der Waals surface area contributed by atoms with E-state index in [1.807, 2.05) is 30.3 Å². The Kier molecular flexibility index (Phi) is 6.05. The summed E-state index contributed by atoms with van der Waals surface area (Å²) in [5, 5.41) is 13.4. The highest BCUT2D eigenvalue weighted by atomic mass is 19.1. The topological polar surface area (TPSA) is 122 Å². The average Bonchev–Trinajstić information content (AvgIpc) is 3.46. The number of fused-ring (bicyclic) bond motifs is 2. The molecule has 9 nitrogen and oxygen atoms in total. The van der Waals surface area contributed by atoms with Gasteiger partial charge in [-0.25, -0.2) is 9.37 Å². The lowest BCUT2D eigenvalue weighted by atomic mass is 10.0. The van der Waals surface area contributed by atoms with Crippen molar-refractivity contribution < 1.29 is 23.8 Å². The van der Waals surface area contributed by atoms with Gasteiger partial charge in [-0.15, -0.1) is 0 Å². The second-order valence-corrected chi connectivity index (χ2v) is 9.50. The molecule has 2 aromatic heterocycles. The first-order chi connectivity index (χ1) is 18.4. The highest BCUT2D eigenvalue weighted by molar-refractivity contribution is 6.00. The Morgan fingerprint density at radius 3 is 2.68 bits per heavy atom. The number of anilines is 1. The molecule has 194 valence electrons. The minimum Gasteiger partial charge on any atom is -0.390 e. The molecular formula is C28H26FN5O4. The van der Waals surface area contributed by atoms with Crippen LogP contribution in [-0.4, -0.2) is 58.7 Å². The van der Waals surface area contributed by atoms with E-state index < -0.39 is 29.8 Å². The molecule has 0 radical (unpaired) electrons. The number of imidazole rings is 1. The number of ether oxygens (including phenoxy) is 1. The van der Waals surface area contributed by atoms with E-state index in [4.69, 9.17) is 10.5 Å². The van der Waals surface area contributed by atoms with Gasteiger partial charge < -0.3 is 25.8 Å². The normalized spacial score (nSPS) is 18.9. The number of nitrogens with two attached hydrogens (primary N) is 1. The number of rotatable bonds is 5. The second kappa shape index (κ2) is 9.55. The number of carbonyl (C=O) groups excluding carboxylic acids is 2. The number of amides is 2. The number of aliphatic hydroxyl groups excluding tert-OH is 1. The van der Waals surface area contributed by atoms with E-state index in [2.05, 4.69) is 15.2 Å². The molecule has 6 rings (SSSR count). The van der Waals surface area contributed by atoms with Crippen molar-refractivity contribution in [2.45, 2.75) is 18.6 Å². The predicted molar refractivity (Wildman–Crippen MR) is 138 cm³/mol. The number of aromatic nitrogens is 2. The van der Waals surface area contributed by atoms with E-state index in [-0.39, 0.29) is 22.5 Å². The molecular weight excluding hydrogens is 489 g/mol. The van der Waals surface area contributed by atoms with Crippen LogP contribution in [0.5, 0.6) is 0 Å². The van der Waals surface area contributed by atoms with E-state index in [9.17, 15) is 14.7 Å². The average molecular weight is 516 g/mol. The van der Waals surface area contributed by atoms with Crippen molar-refractivity contribution >= 4 is 23.1 Å². The zero-order valence-electron chi connectivity index (χ0n) is 20.4. The Morgan fingerprint density at radius 1 is 1.11 bits per heavy atom. The van der Waals surface area contributed by atoms with Crippen LogP contribution >= 0.6 is 0 Å². The number of morpholine rings is 1. The minimum absolute atomic E-state index is 0.0181. The smallest absolute Gasteiger partial charge is 0.268 e. The molecule has 1 saturated heterocycles. The van der Waals surface area contributed by atoms with Crippen LogP contribution in [0.1, 0.15) is 38.0 Å². The van der Waals surface area contributed by atoms with Crippen LogP contribution in [0.4, 0.5) is 10.1 Å². The van der Waals surface area contributed by atoms with Crippen molar-refractivity contribution in [2.24, 2.45) is 5.73 Å². The molecule has 2 atom stereocenters. The predicted octanol–water partition coefficient (Wildman–Crippen LogP) is 2.46. The second-order valence-electron chi connectivity index (χ2n) is 9.50. The van der Waals surface area contributed by atoms with Gasteiger partial charge in [0.2, 0.25) is 0 Å². The number of nitrogens with zero attached hydrogens (tertiary/aromatic N) is 3. The van der Waals surface area contributed by atoms with Gasteiger partial charge in [-0.2, -0.15) is 0 Å². The maximum absolute atomic E-state index is 15.1. The molecule has 2 aromatic carbocycles. The molecule has 4 aromatic rings. The highest BCUT2D eigenvalue weighted by Crippen LogP contribution is 2.33. The summed E-state index contributed by atoms with van der Waals surface area (Å²) >= 11 is 0. The number of benzene rings is 2. The molecule has 1 fully saturated rings. The molecule has 1 aliphatic carbocycles. The molecule has 3 heterocycles. The Labute approximate surface area is 217 Å². The lowest BCUT2D eigenvalue weighted by Gasteiger charge is -2.28. The van der Waals surface area contributed by atoms with Gasteiger partial charge in [0, 0.05) is 36.8 Å². The standard InChI is InChI=1S/C28H26FN5O4/c29-21-7-5-17(28(37)32-24-19-4-2-1-3-16(19)14-22(24)35)13-20(21)25-26(27(30)36)34-15-18(6-8-23(34)31-25)33-9-11-38-12-10-33/h1-8,13,15,22,24,35H,9-12,14H2,(H2,30,36)(H,32,37)/t22-,24+/m0/s1. The number of pyridine rings is 1. The summed E-state index contributed by atoms with van der Waals surface area (Å²) in [4.78, 5) is 32.4. The Balaban J connectivity index is 1.36. The van der Waals surface area contributed by atoms with Gasteiger partial charge in [0.25, 0.3) is 11.8 Å². The van der Waals surface area contributed by atoms with Gasteiger partial charge in [0.05, 0.1) is 31.0 Å². The van der Waals surface area contributed by atoms with E-state index in [1.54, 1.807) is 16.7 Å². The van der Waals surface area contributed by atoms with Crippen LogP contribution in [0.15, 0.2) is 60.8 Å². The van der Waals surface area contributed by atoms with Crippen LogP contribution in [0.3, 0.4) is 0 Å². The number of carbonyl (C=O) groups is 2. The molecule has 38 heavy (non-hydrogen) atoms. The van der Waals surface area contributed by atoms with Crippen molar-refractivity contribution in [3.05, 3.63) is 89.0 Å². The van der Waals surface area contributed by atoms with E-state index >= 15 is 4.39 Å². The molecule has 10 heteroatoms. The lowest BCUT2D eigenvalue weighted by molar-refractivity contribution is 0.0858. The third kappa shape index (κ3) is 4.17. The summed E-state index contributed by atoms with van der Waals surface area (Å²) in [7, 11) is 0. The number of hydrogen-bond acceptors (Lipinski definition) is 6. The largest absolute Gasteiger partial charge is 0.390 e. The van der Waals surface area contributed by atoms with E-state index in [0.717, 1.165) is 22.9 Å². The number of aliphatic hydroxyl groups is 1. The van der Waals surface area contributed by atoms with Crippen LogP contribution in [0.25, 0.3) is 16.9 Å². The first-order valence-corrected chi connectivity index (χ1v) is 12.4. The third-order valence-electron chi connectivity index (χ3n) is 7.19. The van der Waals surface area contributed by atoms with Crippen molar-refractivity contribution in [3.63, 3.8) is 0 Å². The van der Waals surface area contributed by atoms with E-state index in [0.29, 0.717) is 38.4 Å². The monoisotopic (exact) mass is 515 g/mol. The minimum atomic E-state index is -0.772. The van der Waals surface area contributed by atoms with Crippen molar-refractivity contribution in [2.75, 3.05) is 31.2 Å². The van der Waals surface area contributed by atoms with E-state index in [1.165, 1.54) is 12.1 Å². The number of primary amides is 1. The molecule has 2 aliphatic rings. The summed E-state index contributed by atoms with van der Waals surface area (Å²) in [6.45, 7) is 2.59. The first kappa shape index (κ1) is 24.1. The zero-order valence-corrected chi connectivity index (χ0v) is 20.4. The Bertz CT molecular complexity index is 1560. The first-order valence-electron chi connectivity index (χ1n) is 12.4. The SMILES string of the molecule is NC(=O)c1c(-c2cc(C(=O)N[C@@H]3c4ccccc4C[C@@H]3O)ccc2F)nc2ccc(N3CCOCC3)cn12. The number of halogens is 1. The summed E-state index contributed by atoms with van der Waals surface area (Å²) in [6, 6.07) is 14.4. The molecule has 0 bridgehead atoms. The maximum Gasteiger partial charge on any atom is 0.268 e. The van der Waals surface area contributed by atoms with Gasteiger partial charge >= 0.3 is 0 Å². The van der Waals surface area contributed by atoms with Crippen molar-refractivity contribution in [3.8, 4) is 11.3 Å². The molecule has 0 saturated carbocycles. The summed E-state index contributed by atoms with van der Waals surface area (Å²) in [5.74, 6) is -1.90. The fourth-order valence-corrected chi connectivity index (χ4v) is 5.29. The fourth-order valence-electron chi connectivity index (χ4n) is 5.29. The molecule has 4 N–H and O–H groups in total. The van der Waals surface area contributed by atoms with Gasteiger partial charge in [0.15, 0.2) is 0 Å². The van der Waals surface area contributed by atoms with Crippen LogP contribution < -0.4 is 16.0 Å². The highest BCUT2D eigenvalue weighted by Gasteiger charge is 2.32. The summed E-state index contributed by atoms with van der Waals surface area (Å²) in [6.07, 6.45) is 1.42. The van der Waals surface area contributed by atoms with Gasteiger partial charge in [-0.1, -0.05) is 24.3 Å². The van der Waals surface area contributed by atoms with Crippen molar-refractivity contribution in [1.29, 1.82) is 0 Å². The Hall–Kier alpha value is -4.28. The number of hydrogen-bond donors (Lipinski definition) is 3. The third-order valence-corrected chi connectivity index (χ3v) is 7.19. The van der Waals surface area contributed by atoms with Crippen LogP contribution in [-0.2, 0) is 11.2 Å². The quantitative estimate of drug-likeness (QED) is 0.375. The zero-order chi connectivity index (χ0) is 26.4. The lowest BCUT2D eigenvalue weighted by Crippen LogP contribution is -2.36. The van der Waals surface area contributed by atoms with Gasteiger partial charge in [-0.3, -0.25) is 14.0 Å². The van der Waals surface area contributed by atoms with Crippen molar-refractivity contribution in [1.82, 2.24) is 14.7 Å². The van der Waals surface area contributed by atoms with Gasteiger partial charge in [-0.05, 0) is 41.5 Å².